The third-order valence-corrected chi connectivity index (χ3v) is 7.44. The highest BCUT2D eigenvalue weighted by Crippen LogP contribution is 2.39. The average molecular weight is 429 g/mol. The second-order valence-electron chi connectivity index (χ2n) is 6.80. The Morgan fingerprint density at radius 1 is 1.10 bits per heavy atom. The molecular formula is C20H20N4O3S2. The van der Waals surface area contributed by atoms with Crippen LogP contribution in [-0.2, 0) is 9.84 Å². The molecule has 0 spiro atoms. The number of nitrogens with one attached hydrogen (secondary N) is 1. The first-order valence-corrected chi connectivity index (χ1v) is 11.7. The minimum absolute atomic E-state index is 0.000392. The van der Waals surface area contributed by atoms with E-state index in [1.165, 1.54) is 16.4 Å². The number of aromatic nitrogens is 2. The van der Waals surface area contributed by atoms with Crippen molar-refractivity contribution < 1.29 is 13.2 Å². The van der Waals surface area contributed by atoms with E-state index in [1.54, 1.807) is 24.3 Å². The van der Waals surface area contributed by atoms with Crippen LogP contribution in [0.4, 0.5) is 11.5 Å². The molecule has 3 N–H and O–H groups in total. The molecule has 29 heavy (non-hydrogen) atoms. The Kier molecular flexibility index (Phi) is 5.33. The number of sulfone groups is 1. The number of carbonyl (C=O) groups excluding carboxylic acids is 1. The number of nitrogens with two attached hydrogens (primary N) is 1. The molecule has 7 nitrogen and oxygen atoms in total. The lowest BCUT2D eigenvalue weighted by Crippen LogP contribution is -2.16. The number of nitrogens with zero attached hydrogens (tertiary/aromatic N) is 2. The summed E-state index contributed by atoms with van der Waals surface area (Å²) >= 11 is 1.37. The number of rotatable bonds is 5. The molecule has 2 heterocycles. The van der Waals surface area contributed by atoms with Crippen LogP contribution in [-0.4, -0.2) is 35.6 Å². The Bertz CT molecular complexity index is 1130. The van der Waals surface area contributed by atoms with Gasteiger partial charge in [-0.2, -0.15) is 5.10 Å². The molecule has 9 heteroatoms. The number of benzene rings is 2. The Morgan fingerprint density at radius 3 is 2.38 bits per heavy atom. The van der Waals surface area contributed by atoms with Crippen LogP contribution >= 0.6 is 11.8 Å². The molecule has 150 valence electrons. The van der Waals surface area contributed by atoms with Gasteiger partial charge in [0.2, 0.25) is 0 Å². The van der Waals surface area contributed by atoms with Gasteiger partial charge >= 0.3 is 0 Å². The molecule has 4 rings (SSSR count). The zero-order chi connectivity index (χ0) is 20.4. The summed E-state index contributed by atoms with van der Waals surface area (Å²) in [6.07, 6.45) is 0.454. The van der Waals surface area contributed by atoms with Crippen LogP contribution in [0.1, 0.15) is 22.8 Å². The highest BCUT2D eigenvalue weighted by molar-refractivity contribution is 7.99. The van der Waals surface area contributed by atoms with Crippen LogP contribution in [0, 0.1) is 0 Å². The maximum Gasteiger partial charge on any atom is 0.255 e. The third kappa shape index (κ3) is 4.30. The van der Waals surface area contributed by atoms with Gasteiger partial charge in [-0.15, -0.1) is 0 Å². The highest BCUT2D eigenvalue weighted by Gasteiger charge is 2.33. The van der Waals surface area contributed by atoms with Gasteiger partial charge in [0.25, 0.3) is 5.91 Å². The summed E-state index contributed by atoms with van der Waals surface area (Å²) < 4.78 is 25.4. The van der Waals surface area contributed by atoms with E-state index in [9.17, 15) is 13.2 Å². The molecule has 3 aromatic rings. The van der Waals surface area contributed by atoms with Gasteiger partial charge in [-0.25, -0.2) is 13.1 Å². The molecule has 1 fully saturated rings. The SMILES string of the molecule is Nc1c(NC(=O)c2ccccc2)c(Sc2ccccc2)nn1C1CCS(=O)(=O)C1. The lowest BCUT2D eigenvalue weighted by molar-refractivity contribution is 0.102. The minimum Gasteiger partial charge on any atom is -0.382 e. The third-order valence-electron chi connectivity index (χ3n) is 4.70. The largest absolute Gasteiger partial charge is 0.382 e. The highest BCUT2D eigenvalue weighted by atomic mass is 32.2. The summed E-state index contributed by atoms with van der Waals surface area (Å²) in [5, 5.41) is 7.97. The Labute approximate surface area is 173 Å². The first-order chi connectivity index (χ1) is 13.9. The quantitative estimate of drug-likeness (QED) is 0.646. The fourth-order valence-corrected chi connectivity index (χ4v) is 5.83. The first kappa shape index (κ1) is 19.5. The van der Waals surface area contributed by atoms with Crippen molar-refractivity contribution in [3.05, 3.63) is 66.2 Å². The van der Waals surface area contributed by atoms with E-state index < -0.39 is 9.84 Å². The Morgan fingerprint density at radius 2 is 1.76 bits per heavy atom. The molecule has 1 aromatic heterocycles. The summed E-state index contributed by atoms with van der Waals surface area (Å²) in [6, 6.07) is 18.1. The summed E-state index contributed by atoms with van der Waals surface area (Å²) in [7, 11) is -3.10. The standard InChI is InChI=1S/C20H20N4O3S2/c21-18-17(22-19(25)14-7-3-1-4-8-14)20(28-16-9-5-2-6-10-16)23-24(18)15-11-12-29(26,27)13-15/h1-10,15H,11-13,21H2,(H,22,25). The van der Waals surface area contributed by atoms with Crippen molar-refractivity contribution in [1.82, 2.24) is 9.78 Å². The second kappa shape index (κ2) is 7.92. The zero-order valence-corrected chi connectivity index (χ0v) is 17.1. The summed E-state index contributed by atoms with van der Waals surface area (Å²) in [5.74, 6) is 0.0742. The minimum atomic E-state index is -3.10. The van der Waals surface area contributed by atoms with Crippen molar-refractivity contribution in [1.29, 1.82) is 0 Å². The Balaban J connectivity index is 1.70. The van der Waals surface area contributed by atoms with Gasteiger partial charge in [0, 0.05) is 10.5 Å². The van der Waals surface area contributed by atoms with Gasteiger partial charge in [-0.1, -0.05) is 48.2 Å². The molecule has 1 aliphatic heterocycles. The fourth-order valence-electron chi connectivity index (χ4n) is 3.24. The normalized spacial score (nSPS) is 17.9. The summed E-state index contributed by atoms with van der Waals surface area (Å²) in [4.78, 5) is 13.6. The monoisotopic (exact) mass is 428 g/mol. The second-order valence-corrected chi connectivity index (χ2v) is 10.1. The topological polar surface area (TPSA) is 107 Å². The van der Waals surface area contributed by atoms with Crippen molar-refractivity contribution in [2.24, 2.45) is 0 Å². The lowest BCUT2D eigenvalue weighted by Gasteiger charge is -2.11. The van der Waals surface area contributed by atoms with Gasteiger partial charge in [-0.05, 0) is 30.7 Å². The lowest BCUT2D eigenvalue weighted by atomic mass is 10.2. The molecule has 1 atom stereocenters. The number of hydrogen-bond donors (Lipinski definition) is 2. The predicted molar refractivity (Wildman–Crippen MR) is 114 cm³/mol. The molecule has 0 bridgehead atoms. The van der Waals surface area contributed by atoms with Gasteiger partial charge in [-0.3, -0.25) is 4.79 Å². The first-order valence-electron chi connectivity index (χ1n) is 9.11. The number of amides is 1. The molecule has 1 aliphatic rings. The molecule has 0 aliphatic carbocycles. The fraction of sp³-hybridized carbons (Fsp3) is 0.200. The molecule has 0 radical (unpaired) electrons. The average Bonchev–Trinajstić information content (AvgIpc) is 3.23. The summed E-state index contributed by atoms with van der Waals surface area (Å²) in [5.41, 5.74) is 7.23. The molecule has 2 aromatic carbocycles. The van der Waals surface area contributed by atoms with Gasteiger partial charge in [0.1, 0.15) is 16.5 Å². The number of anilines is 2. The van der Waals surface area contributed by atoms with Crippen LogP contribution in [0.2, 0.25) is 0 Å². The van der Waals surface area contributed by atoms with Gasteiger partial charge < -0.3 is 11.1 Å². The molecule has 1 amide bonds. The van der Waals surface area contributed by atoms with Gasteiger partial charge in [0.15, 0.2) is 9.84 Å². The number of nitrogen functional groups attached to an aromatic ring is 1. The van der Waals surface area contributed by atoms with Crippen molar-refractivity contribution in [2.45, 2.75) is 22.4 Å². The van der Waals surface area contributed by atoms with Crippen LogP contribution in [0.3, 0.4) is 0 Å². The van der Waals surface area contributed by atoms with Crippen LogP contribution in [0.5, 0.6) is 0 Å². The van der Waals surface area contributed by atoms with Crippen molar-refractivity contribution in [3.8, 4) is 0 Å². The van der Waals surface area contributed by atoms with E-state index in [-0.39, 0.29) is 29.3 Å². The van der Waals surface area contributed by atoms with Crippen LogP contribution in [0.15, 0.2) is 70.6 Å². The van der Waals surface area contributed by atoms with Crippen molar-refractivity contribution in [3.63, 3.8) is 0 Å². The van der Waals surface area contributed by atoms with Crippen LogP contribution < -0.4 is 11.1 Å². The molecule has 0 saturated carbocycles. The predicted octanol–water partition coefficient (Wildman–Crippen LogP) is 3.23. The van der Waals surface area contributed by atoms with Gasteiger partial charge in [0.05, 0.1) is 17.5 Å². The molecular weight excluding hydrogens is 408 g/mol. The molecule has 1 unspecified atom stereocenters. The number of hydrogen-bond acceptors (Lipinski definition) is 6. The smallest absolute Gasteiger partial charge is 0.255 e. The van der Waals surface area contributed by atoms with E-state index in [0.29, 0.717) is 22.7 Å². The van der Waals surface area contributed by atoms with E-state index in [1.807, 2.05) is 36.4 Å². The number of carbonyl (C=O) groups is 1. The van der Waals surface area contributed by atoms with E-state index >= 15 is 0 Å². The van der Waals surface area contributed by atoms with E-state index in [4.69, 9.17) is 5.73 Å². The van der Waals surface area contributed by atoms with E-state index in [0.717, 1.165) is 4.90 Å². The van der Waals surface area contributed by atoms with E-state index in [2.05, 4.69) is 10.4 Å². The zero-order valence-electron chi connectivity index (χ0n) is 15.5. The Hall–Kier alpha value is -2.78. The summed E-state index contributed by atoms with van der Waals surface area (Å²) in [6.45, 7) is 0. The maximum absolute atomic E-state index is 12.7. The van der Waals surface area contributed by atoms with Crippen LogP contribution in [0.25, 0.3) is 0 Å². The van der Waals surface area contributed by atoms with Crippen molar-refractivity contribution in [2.75, 3.05) is 22.6 Å². The molecule has 1 saturated heterocycles. The maximum atomic E-state index is 12.7. The van der Waals surface area contributed by atoms with Crippen molar-refractivity contribution >= 4 is 39.0 Å².